The predicted molar refractivity (Wildman–Crippen MR) is 85.8 cm³/mol. The van der Waals surface area contributed by atoms with Crippen LogP contribution in [0.25, 0.3) is 0 Å². The summed E-state index contributed by atoms with van der Waals surface area (Å²) >= 11 is 0. The van der Waals surface area contributed by atoms with Crippen molar-refractivity contribution in [2.45, 2.75) is 44.2 Å². The highest BCUT2D eigenvalue weighted by Gasteiger charge is 2.26. The average molecular weight is 310 g/mol. The van der Waals surface area contributed by atoms with E-state index in [2.05, 4.69) is 18.7 Å². The van der Waals surface area contributed by atoms with Crippen LogP contribution < -0.4 is 5.73 Å². The predicted octanol–water partition coefficient (Wildman–Crippen LogP) is 2.04. The first-order valence-corrected chi connectivity index (χ1v) is 9.35. The molecule has 118 valence electrons. The minimum Gasteiger partial charge on any atom is -0.326 e. The fraction of sp³-hybridized carbons (Fsp3) is 0.625. The van der Waals surface area contributed by atoms with Gasteiger partial charge in [-0.3, -0.25) is 4.90 Å². The molecule has 21 heavy (non-hydrogen) atoms. The number of sulfone groups is 1. The molecular formula is C16H26N2O2S. The summed E-state index contributed by atoms with van der Waals surface area (Å²) in [5.41, 5.74) is 6.49. The first kappa shape index (κ1) is 16.5. The van der Waals surface area contributed by atoms with E-state index < -0.39 is 9.84 Å². The summed E-state index contributed by atoms with van der Waals surface area (Å²) in [5.74, 6) is 0.830. The molecule has 1 saturated heterocycles. The van der Waals surface area contributed by atoms with Crippen LogP contribution in [0.15, 0.2) is 29.2 Å². The van der Waals surface area contributed by atoms with Crippen LogP contribution in [0, 0.1) is 5.92 Å². The molecule has 2 atom stereocenters. The number of nitrogens with zero attached hydrogens (tertiary/aromatic N) is 1. The summed E-state index contributed by atoms with van der Waals surface area (Å²) in [5, 5.41) is 0. The maximum Gasteiger partial charge on any atom is 0.179 e. The van der Waals surface area contributed by atoms with Gasteiger partial charge in [-0.2, -0.15) is 0 Å². The second kappa shape index (κ2) is 6.90. The molecule has 0 radical (unpaired) electrons. The Kier molecular flexibility index (Phi) is 5.41. The monoisotopic (exact) mass is 310 g/mol. The summed E-state index contributed by atoms with van der Waals surface area (Å²) in [6.07, 6.45) is 2.40. The van der Waals surface area contributed by atoms with Gasteiger partial charge in [-0.1, -0.05) is 19.1 Å². The third-order valence-electron chi connectivity index (χ3n) is 4.67. The molecule has 0 bridgehead atoms. The van der Waals surface area contributed by atoms with Gasteiger partial charge in [0.2, 0.25) is 0 Å². The van der Waals surface area contributed by atoms with E-state index in [1.54, 1.807) is 24.3 Å². The second-order valence-corrected chi connectivity index (χ2v) is 8.17. The van der Waals surface area contributed by atoms with Crippen LogP contribution in [0.4, 0.5) is 0 Å². The molecule has 2 rings (SSSR count). The maximum atomic E-state index is 12.4. The molecule has 0 aromatic heterocycles. The Bertz CT molecular complexity index is 554. The molecule has 2 N–H and O–H groups in total. The lowest BCUT2D eigenvalue weighted by molar-refractivity contribution is 0.121. The molecular weight excluding hydrogens is 284 g/mol. The summed E-state index contributed by atoms with van der Waals surface area (Å²) in [7, 11) is -3.21. The van der Waals surface area contributed by atoms with Crippen LogP contribution in [0.5, 0.6) is 0 Å². The highest BCUT2D eigenvalue weighted by atomic mass is 32.2. The van der Waals surface area contributed by atoms with Gasteiger partial charge in [-0.05, 0) is 49.9 Å². The average Bonchev–Trinajstić information content (AvgIpc) is 2.49. The van der Waals surface area contributed by atoms with Crippen molar-refractivity contribution in [3.05, 3.63) is 29.8 Å². The zero-order valence-corrected chi connectivity index (χ0v) is 13.8. The number of hydrogen-bond acceptors (Lipinski definition) is 4. The van der Waals surface area contributed by atoms with Gasteiger partial charge in [-0.25, -0.2) is 8.42 Å². The van der Waals surface area contributed by atoms with Crippen molar-refractivity contribution < 1.29 is 8.42 Å². The topological polar surface area (TPSA) is 63.4 Å². The van der Waals surface area contributed by atoms with E-state index in [1.807, 2.05) is 0 Å². The van der Waals surface area contributed by atoms with Crippen LogP contribution in [-0.4, -0.2) is 38.2 Å². The Morgan fingerprint density at radius 1 is 1.24 bits per heavy atom. The number of hydrogen-bond donors (Lipinski definition) is 1. The van der Waals surface area contributed by atoms with Crippen molar-refractivity contribution >= 4 is 9.84 Å². The zero-order chi connectivity index (χ0) is 15.5. The van der Waals surface area contributed by atoms with Gasteiger partial charge in [0.05, 0.1) is 10.6 Å². The molecule has 1 aliphatic heterocycles. The van der Waals surface area contributed by atoms with E-state index in [9.17, 15) is 8.42 Å². The Hall–Kier alpha value is -0.910. The number of rotatable bonds is 5. The van der Waals surface area contributed by atoms with Crippen molar-refractivity contribution in [3.63, 3.8) is 0 Å². The normalized spacial score (nSPS) is 24.1. The minimum absolute atomic E-state index is 0.187. The van der Waals surface area contributed by atoms with Crippen molar-refractivity contribution in [3.8, 4) is 0 Å². The molecule has 0 spiro atoms. The third-order valence-corrected chi connectivity index (χ3v) is 6.38. The lowest BCUT2D eigenvalue weighted by Gasteiger charge is -2.37. The second-order valence-electron chi connectivity index (χ2n) is 6.06. The van der Waals surface area contributed by atoms with Gasteiger partial charge in [-0.15, -0.1) is 0 Å². The molecule has 0 amide bonds. The van der Waals surface area contributed by atoms with Crippen LogP contribution in [0.3, 0.4) is 0 Å². The summed E-state index contributed by atoms with van der Waals surface area (Å²) < 4.78 is 24.8. The molecule has 2 unspecified atom stereocenters. The van der Waals surface area contributed by atoms with Crippen molar-refractivity contribution in [1.82, 2.24) is 4.90 Å². The molecule has 5 heteroatoms. The molecule has 1 aromatic carbocycles. The van der Waals surface area contributed by atoms with Gasteiger partial charge in [0.25, 0.3) is 0 Å². The fourth-order valence-corrected chi connectivity index (χ4v) is 4.19. The molecule has 1 heterocycles. The first-order valence-electron chi connectivity index (χ1n) is 7.70. The van der Waals surface area contributed by atoms with E-state index in [1.165, 1.54) is 6.42 Å². The SMILES string of the molecule is CC1CCCN(CCS(=O)(=O)c2ccc(CN)cc2)C1C. The number of benzene rings is 1. The standard InChI is InChI=1S/C16H26N2O2S/c1-13-4-3-9-18(14(13)2)10-11-21(19,20)16-7-5-15(12-17)6-8-16/h5-8,13-14H,3-4,9-12,17H2,1-2H3. The Labute approximate surface area is 128 Å². The Morgan fingerprint density at radius 2 is 1.90 bits per heavy atom. The number of piperidine rings is 1. The van der Waals surface area contributed by atoms with Crippen molar-refractivity contribution in [1.29, 1.82) is 0 Å². The molecule has 1 aliphatic rings. The van der Waals surface area contributed by atoms with Gasteiger partial charge in [0.1, 0.15) is 0 Å². The van der Waals surface area contributed by atoms with E-state index in [4.69, 9.17) is 5.73 Å². The van der Waals surface area contributed by atoms with Crippen LogP contribution >= 0.6 is 0 Å². The zero-order valence-electron chi connectivity index (χ0n) is 13.0. The van der Waals surface area contributed by atoms with Gasteiger partial charge < -0.3 is 5.73 Å². The lowest BCUT2D eigenvalue weighted by atomic mass is 9.92. The largest absolute Gasteiger partial charge is 0.326 e. The number of likely N-dealkylation sites (tertiary alicyclic amines) is 1. The highest BCUT2D eigenvalue weighted by molar-refractivity contribution is 7.91. The Balaban J connectivity index is 2.00. The van der Waals surface area contributed by atoms with E-state index in [0.717, 1.165) is 18.5 Å². The number of nitrogens with two attached hydrogens (primary N) is 1. The van der Waals surface area contributed by atoms with Crippen molar-refractivity contribution in [2.24, 2.45) is 11.7 Å². The first-order chi connectivity index (χ1) is 9.94. The van der Waals surface area contributed by atoms with Gasteiger partial charge in [0.15, 0.2) is 9.84 Å². The molecule has 0 aliphatic carbocycles. The summed E-state index contributed by atoms with van der Waals surface area (Å²) in [4.78, 5) is 2.71. The highest BCUT2D eigenvalue weighted by Crippen LogP contribution is 2.23. The molecule has 0 saturated carbocycles. The molecule has 1 fully saturated rings. The van der Waals surface area contributed by atoms with Gasteiger partial charge >= 0.3 is 0 Å². The maximum absolute atomic E-state index is 12.4. The lowest BCUT2D eigenvalue weighted by Crippen LogP contribution is -2.44. The van der Waals surface area contributed by atoms with Gasteiger partial charge in [0, 0.05) is 19.1 Å². The molecule has 4 nitrogen and oxygen atoms in total. The summed E-state index contributed by atoms with van der Waals surface area (Å²) in [6, 6.07) is 7.38. The van der Waals surface area contributed by atoms with Crippen LogP contribution in [-0.2, 0) is 16.4 Å². The van der Waals surface area contributed by atoms with Crippen LogP contribution in [0.1, 0.15) is 32.3 Å². The smallest absolute Gasteiger partial charge is 0.179 e. The minimum atomic E-state index is -3.21. The van der Waals surface area contributed by atoms with Crippen LogP contribution in [0.2, 0.25) is 0 Å². The van der Waals surface area contributed by atoms with E-state index in [0.29, 0.717) is 29.9 Å². The third kappa shape index (κ3) is 4.05. The van der Waals surface area contributed by atoms with E-state index >= 15 is 0 Å². The summed E-state index contributed by atoms with van der Waals surface area (Å²) in [6.45, 7) is 6.51. The quantitative estimate of drug-likeness (QED) is 0.904. The van der Waals surface area contributed by atoms with Crippen molar-refractivity contribution in [2.75, 3.05) is 18.8 Å². The fourth-order valence-electron chi connectivity index (χ4n) is 2.92. The Morgan fingerprint density at radius 3 is 2.52 bits per heavy atom. The molecule has 1 aromatic rings. The van der Waals surface area contributed by atoms with E-state index in [-0.39, 0.29) is 5.75 Å².